The van der Waals surface area contributed by atoms with Gasteiger partial charge in [-0.25, -0.2) is 0 Å². The summed E-state index contributed by atoms with van der Waals surface area (Å²) in [7, 11) is 0. The lowest BCUT2D eigenvalue weighted by atomic mass is 9.98. The summed E-state index contributed by atoms with van der Waals surface area (Å²) in [5.41, 5.74) is -0.935. The predicted octanol–water partition coefficient (Wildman–Crippen LogP) is 1.75. The largest absolute Gasteiger partial charge is 0.378 e. The third kappa shape index (κ3) is 1.84. The van der Waals surface area contributed by atoms with E-state index in [1.807, 2.05) is 0 Å². The van der Waals surface area contributed by atoms with Gasteiger partial charge in [0.05, 0.1) is 0 Å². The molecule has 1 unspecified atom stereocenters. The highest BCUT2D eigenvalue weighted by atomic mass is 35.5. The van der Waals surface area contributed by atoms with Gasteiger partial charge in [-0.15, -0.1) is 0 Å². The molecule has 0 spiro atoms. The predicted molar refractivity (Wildman–Crippen MR) is 47.1 cm³/mol. The van der Waals surface area contributed by atoms with E-state index in [-0.39, 0.29) is 0 Å². The first-order chi connectivity index (χ1) is 5.56. The maximum atomic E-state index is 10.4. The van der Waals surface area contributed by atoms with Gasteiger partial charge in [-0.05, 0) is 24.6 Å². The molecule has 0 bridgehead atoms. The quantitative estimate of drug-likeness (QED) is 0.711. The van der Waals surface area contributed by atoms with Crippen molar-refractivity contribution in [2.75, 3.05) is 0 Å². The van der Waals surface area contributed by atoms with Gasteiger partial charge >= 0.3 is 0 Å². The van der Waals surface area contributed by atoms with Crippen LogP contribution in [0.4, 0.5) is 0 Å². The van der Waals surface area contributed by atoms with Crippen LogP contribution >= 0.6 is 11.6 Å². The summed E-state index contributed by atoms with van der Waals surface area (Å²) < 4.78 is 0. The van der Waals surface area contributed by atoms with Crippen molar-refractivity contribution in [3.63, 3.8) is 0 Å². The molecule has 0 amide bonds. The monoisotopic (exact) mass is 184 g/mol. The Hall–Kier alpha value is -0.860. The minimum absolute atomic E-state index is 0.485. The molecule has 1 aromatic carbocycles. The van der Waals surface area contributed by atoms with Gasteiger partial charge in [-0.1, -0.05) is 23.7 Å². The van der Waals surface area contributed by atoms with Gasteiger partial charge in [-0.3, -0.25) is 4.79 Å². The molecule has 0 aliphatic carbocycles. The number of carbonyl (C=O) groups excluding carboxylic acids is 1. The second-order valence-electron chi connectivity index (χ2n) is 2.78. The molecule has 12 heavy (non-hydrogen) atoms. The van der Waals surface area contributed by atoms with Crippen LogP contribution in [0.5, 0.6) is 0 Å². The van der Waals surface area contributed by atoms with Crippen molar-refractivity contribution >= 4 is 17.9 Å². The molecule has 2 nitrogen and oxygen atoms in total. The number of hydrogen-bond acceptors (Lipinski definition) is 2. The minimum Gasteiger partial charge on any atom is -0.378 e. The van der Waals surface area contributed by atoms with Crippen molar-refractivity contribution in [2.45, 2.75) is 12.5 Å². The van der Waals surface area contributed by atoms with Crippen LogP contribution < -0.4 is 0 Å². The van der Waals surface area contributed by atoms with Crippen LogP contribution in [0.15, 0.2) is 24.3 Å². The molecule has 0 aromatic heterocycles. The molecule has 1 N–H and O–H groups in total. The Kier molecular flexibility index (Phi) is 2.50. The molecular formula is C9H9ClO2. The maximum Gasteiger partial charge on any atom is 0.155 e. The zero-order valence-electron chi connectivity index (χ0n) is 6.62. The van der Waals surface area contributed by atoms with E-state index in [9.17, 15) is 9.90 Å². The zero-order valence-corrected chi connectivity index (χ0v) is 7.38. The van der Waals surface area contributed by atoms with Crippen LogP contribution in [0.2, 0.25) is 5.02 Å². The highest BCUT2D eigenvalue weighted by Gasteiger charge is 2.21. The van der Waals surface area contributed by atoms with Crippen LogP contribution in [0.25, 0.3) is 0 Å². The van der Waals surface area contributed by atoms with E-state index in [0.29, 0.717) is 16.9 Å². The Balaban J connectivity index is 3.11. The van der Waals surface area contributed by atoms with Crippen molar-refractivity contribution in [3.8, 4) is 0 Å². The fraction of sp³-hybridized carbons (Fsp3) is 0.222. The summed E-state index contributed by atoms with van der Waals surface area (Å²) in [4.78, 5) is 10.4. The molecule has 0 saturated heterocycles. The van der Waals surface area contributed by atoms with Gasteiger partial charge < -0.3 is 5.11 Å². The molecule has 0 saturated carbocycles. The van der Waals surface area contributed by atoms with Gasteiger partial charge in [0.2, 0.25) is 0 Å². The van der Waals surface area contributed by atoms with Gasteiger partial charge in [0.1, 0.15) is 5.60 Å². The highest BCUT2D eigenvalue weighted by Crippen LogP contribution is 2.20. The van der Waals surface area contributed by atoms with Crippen molar-refractivity contribution in [1.29, 1.82) is 0 Å². The number of halogens is 1. The molecule has 1 rings (SSSR count). The Bertz CT molecular complexity index is 294. The Morgan fingerprint density at radius 3 is 2.75 bits per heavy atom. The molecule has 1 aromatic rings. The Labute approximate surface area is 75.8 Å². The second kappa shape index (κ2) is 3.25. The number of aldehydes is 1. The van der Waals surface area contributed by atoms with Gasteiger partial charge in [0, 0.05) is 5.02 Å². The standard InChI is InChI=1S/C9H9ClO2/c1-9(12,6-11)7-3-2-4-8(10)5-7/h2-6,12H,1H3. The Morgan fingerprint density at radius 1 is 1.58 bits per heavy atom. The van der Waals surface area contributed by atoms with E-state index < -0.39 is 5.60 Å². The van der Waals surface area contributed by atoms with E-state index in [1.165, 1.54) is 6.92 Å². The van der Waals surface area contributed by atoms with Crippen molar-refractivity contribution in [2.24, 2.45) is 0 Å². The highest BCUT2D eigenvalue weighted by molar-refractivity contribution is 6.30. The third-order valence-corrected chi connectivity index (χ3v) is 1.87. The fourth-order valence-electron chi connectivity index (χ4n) is 0.871. The van der Waals surface area contributed by atoms with E-state index in [1.54, 1.807) is 24.3 Å². The molecule has 64 valence electrons. The van der Waals surface area contributed by atoms with Crippen LogP contribution in [0, 0.1) is 0 Å². The van der Waals surface area contributed by atoms with Crippen molar-refractivity contribution in [1.82, 2.24) is 0 Å². The maximum absolute atomic E-state index is 10.4. The molecule has 1 atom stereocenters. The van der Waals surface area contributed by atoms with Crippen LogP contribution in [0.3, 0.4) is 0 Å². The summed E-state index contributed by atoms with van der Waals surface area (Å²) in [5.74, 6) is 0. The smallest absolute Gasteiger partial charge is 0.155 e. The third-order valence-electron chi connectivity index (χ3n) is 1.64. The van der Waals surface area contributed by atoms with Crippen LogP contribution in [0.1, 0.15) is 12.5 Å². The molecular weight excluding hydrogens is 176 g/mol. The molecule has 0 aliphatic heterocycles. The first-order valence-corrected chi connectivity index (χ1v) is 3.89. The second-order valence-corrected chi connectivity index (χ2v) is 3.21. The lowest BCUT2D eigenvalue weighted by molar-refractivity contribution is -0.123. The summed E-state index contributed by atoms with van der Waals surface area (Å²) >= 11 is 5.68. The zero-order chi connectivity index (χ0) is 9.19. The molecule has 3 heteroatoms. The lowest BCUT2D eigenvalue weighted by Crippen LogP contribution is -2.22. The number of benzene rings is 1. The average Bonchev–Trinajstić information content (AvgIpc) is 2.05. The lowest BCUT2D eigenvalue weighted by Gasteiger charge is -2.15. The summed E-state index contributed by atoms with van der Waals surface area (Å²) in [6.45, 7) is 1.42. The van der Waals surface area contributed by atoms with Gasteiger partial charge in [-0.2, -0.15) is 0 Å². The van der Waals surface area contributed by atoms with Gasteiger partial charge in [0.25, 0.3) is 0 Å². The number of carbonyl (C=O) groups is 1. The molecule has 0 aliphatic rings. The summed E-state index contributed by atoms with van der Waals surface area (Å²) in [6.07, 6.45) is 0.485. The molecule has 0 heterocycles. The summed E-state index contributed by atoms with van der Waals surface area (Å²) in [6, 6.07) is 6.60. The molecule has 0 radical (unpaired) electrons. The van der Waals surface area contributed by atoms with Crippen LogP contribution in [-0.4, -0.2) is 11.4 Å². The van der Waals surface area contributed by atoms with Crippen molar-refractivity contribution in [3.05, 3.63) is 34.9 Å². The van der Waals surface area contributed by atoms with Crippen LogP contribution in [-0.2, 0) is 10.4 Å². The average molecular weight is 185 g/mol. The number of aliphatic hydroxyl groups is 1. The normalized spacial score (nSPS) is 15.2. The molecule has 0 fully saturated rings. The topological polar surface area (TPSA) is 37.3 Å². The first kappa shape index (κ1) is 9.23. The minimum atomic E-state index is -1.44. The van der Waals surface area contributed by atoms with E-state index in [0.717, 1.165) is 0 Å². The van der Waals surface area contributed by atoms with E-state index >= 15 is 0 Å². The number of rotatable bonds is 2. The van der Waals surface area contributed by atoms with Crippen molar-refractivity contribution < 1.29 is 9.90 Å². The first-order valence-electron chi connectivity index (χ1n) is 3.51. The fourth-order valence-corrected chi connectivity index (χ4v) is 1.06. The summed E-state index contributed by atoms with van der Waals surface area (Å²) in [5, 5.41) is 10.0. The van der Waals surface area contributed by atoms with E-state index in [2.05, 4.69) is 0 Å². The number of hydrogen-bond donors (Lipinski definition) is 1. The van der Waals surface area contributed by atoms with E-state index in [4.69, 9.17) is 11.6 Å². The Morgan fingerprint density at radius 2 is 2.25 bits per heavy atom. The van der Waals surface area contributed by atoms with Gasteiger partial charge in [0.15, 0.2) is 6.29 Å². The SMILES string of the molecule is CC(O)(C=O)c1cccc(Cl)c1.